The molecule has 1 aromatic carbocycles. The van der Waals surface area contributed by atoms with Gasteiger partial charge in [0.15, 0.2) is 0 Å². The average molecular weight is 251 g/mol. The maximum atomic E-state index is 11.7. The molecule has 1 amide bonds. The molecule has 0 radical (unpaired) electrons. The third kappa shape index (κ3) is 3.53. The van der Waals surface area contributed by atoms with Crippen molar-refractivity contribution in [2.24, 2.45) is 0 Å². The molecule has 1 aromatic rings. The van der Waals surface area contributed by atoms with Crippen LogP contribution in [-0.4, -0.2) is 35.9 Å². The first-order valence-electron chi connectivity index (χ1n) is 5.68. The molecule has 0 unspecified atom stereocenters. The van der Waals surface area contributed by atoms with Crippen molar-refractivity contribution >= 4 is 17.3 Å². The summed E-state index contributed by atoms with van der Waals surface area (Å²) in [7, 11) is 1.83. The van der Waals surface area contributed by atoms with Crippen LogP contribution >= 0.6 is 0 Å². The number of nitro benzene ring substituents is 1. The Bertz CT molecular complexity index is 460. The molecule has 6 nitrogen and oxygen atoms in total. The topological polar surface area (TPSA) is 75.5 Å². The monoisotopic (exact) mass is 251 g/mol. The molecule has 18 heavy (non-hydrogen) atoms. The van der Waals surface area contributed by atoms with Crippen molar-refractivity contribution in [1.29, 1.82) is 0 Å². The highest BCUT2D eigenvalue weighted by Crippen LogP contribution is 2.24. The number of hydrogen-bond acceptors (Lipinski definition) is 4. The fourth-order valence-corrected chi connectivity index (χ4v) is 1.50. The number of anilines is 1. The molecule has 0 saturated carbocycles. The normalized spacial score (nSPS) is 10.4. The van der Waals surface area contributed by atoms with Gasteiger partial charge in [-0.1, -0.05) is 13.0 Å². The van der Waals surface area contributed by atoms with Crippen molar-refractivity contribution in [2.75, 3.05) is 25.5 Å². The number of nitrogens with one attached hydrogen (secondary N) is 1. The second kappa shape index (κ2) is 6.11. The maximum Gasteiger partial charge on any atom is 0.274 e. The third-order valence-corrected chi connectivity index (χ3v) is 2.73. The summed E-state index contributed by atoms with van der Waals surface area (Å²) in [5.41, 5.74) is 0.963. The zero-order valence-corrected chi connectivity index (χ0v) is 10.8. The molecule has 0 atom stereocenters. The molecule has 0 heterocycles. The molecule has 1 N–H and O–H groups in total. The highest BCUT2D eigenvalue weighted by atomic mass is 16.6. The molecule has 0 aliphatic carbocycles. The van der Waals surface area contributed by atoms with Crippen LogP contribution in [-0.2, 0) is 4.79 Å². The zero-order valence-electron chi connectivity index (χ0n) is 10.8. The number of hydrogen-bond donors (Lipinski definition) is 1. The standard InChI is InChI=1S/C12H17N3O3/c1-4-14(3)8-12(16)13-10-6-5-7-11(9(10)2)15(17)18/h5-7H,4,8H2,1-3H3,(H,13,16). The lowest BCUT2D eigenvalue weighted by atomic mass is 10.1. The van der Waals surface area contributed by atoms with Gasteiger partial charge in [-0.05, 0) is 26.6 Å². The Hall–Kier alpha value is -1.95. The molecule has 0 aliphatic heterocycles. The van der Waals surface area contributed by atoms with E-state index in [0.29, 0.717) is 11.3 Å². The van der Waals surface area contributed by atoms with Gasteiger partial charge in [0.2, 0.25) is 5.91 Å². The number of carbonyl (C=O) groups is 1. The fraction of sp³-hybridized carbons (Fsp3) is 0.417. The molecule has 98 valence electrons. The Morgan fingerprint density at radius 2 is 2.17 bits per heavy atom. The van der Waals surface area contributed by atoms with Crippen molar-refractivity contribution < 1.29 is 9.72 Å². The van der Waals surface area contributed by atoms with Gasteiger partial charge in [0, 0.05) is 6.07 Å². The van der Waals surface area contributed by atoms with Crippen molar-refractivity contribution in [1.82, 2.24) is 4.90 Å². The minimum atomic E-state index is -0.455. The molecular weight excluding hydrogens is 234 g/mol. The summed E-state index contributed by atoms with van der Waals surface area (Å²) in [4.78, 5) is 23.9. The van der Waals surface area contributed by atoms with Crippen molar-refractivity contribution in [3.05, 3.63) is 33.9 Å². The van der Waals surface area contributed by atoms with Gasteiger partial charge in [0.25, 0.3) is 5.69 Å². The number of amides is 1. The summed E-state index contributed by atoms with van der Waals surface area (Å²) in [6, 6.07) is 4.64. The quantitative estimate of drug-likeness (QED) is 0.639. The number of benzene rings is 1. The molecule has 1 rings (SSSR count). The largest absolute Gasteiger partial charge is 0.324 e. The van der Waals surface area contributed by atoms with E-state index in [2.05, 4.69) is 5.32 Å². The molecular formula is C12H17N3O3. The van der Waals surface area contributed by atoms with Crippen molar-refractivity contribution in [3.63, 3.8) is 0 Å². The van der Waals surface area contributed by atoms with E-state index in [1.165, 1.54) is 6.07 Å². The van der Waals surface area contributed by atoms with Gasteiger partial charge >= 0.3 is 0 Å². The van der Waals surface area contributed by atoms with Crippen LogP contribution in [0.15, 0.2) is 18.2 Å². The third-order valence-electron chi connectivity index (χ3n) is 2.73. The van der Waals surface area contributed by atoms with E-state index in [0.717, 1.165) is 6.54 Å². The van der Waals surface area contributed by atoms with Gasteiger partial charge < -0.3 is 5.32 Å². The van der Waals surface area contributed by atoms with Gasteiger partial charge in [0.05, 0.1) is 22.7 Å². The summed E-state index contributed by atoms with van der Waals surface area (Å²) < 4.78 is 0. The fourth-order valence-electron chi connectivity index (χ4n) is 1.50. The van der Waals surface area contributed by atoms with Gasteiger partial charge in [-0.15, -0.1) is 0 Å². The Labute approximate surface area is 106 Å². The molecule has 0 bridgehead atoms. The van der Waals surface area contributed by atoms with E-state index in [1.54, 1.807) is 19.1 Å². The zero-order chi connectivity index (χ0) is 13.7. The van der Waals surface area contributed by atoms with Crippen LogP contribution in [0.2, 0.25) is 0 Å². The Kier molecular flexibility index (Phi) is 4.79. The first kappa shape index (κ1) is 14.1. The minimum absolute atomic E-state index is 0.0108. The van der Waals surface area contributed by atoms with Crippen LogP contribution < -0.4 is 5.32 Å². The molecule has 0 saturated heterocycles. The van der Waals surface area contributed by atoms with Crippen LogP contribution in [0.3, 0.4) is 0 Å². The Balaban J connectivity index is 2.82. The van der Waals surface area contributed by atoms with Gasteiger partial charge in [-0.2, -0.15) is 0 Å². The summed E-state index contributed by atoms with van der Waals surface area (Å²) in [6.07, 6.45) is 0. The second-order valence-corrected chi connectivity index (χ2v) is 4.09. The number of carbonyl (C=O) groups excluding carboxylic acids is 1. The van der Waals surface area contributed by atoms with Crippen LogP contribution in [0.25, 0.3) is 0 Å². The van der Waals surface area contributed by atoms with Crippen LogP contribution in [0.4, 0.5) is 11.4 Å². The number of likely N-dealkylation sites (N-methyl/N-ethyl adjacent to an activating group) is 1. The molecule has 6 heteroatoms. The van der Waals surface area contributed by atoms with Crippen LogP contribution in [0, 0.1) is 17.0 Å². The average Bonchev–Trinajstić information content (AvgIpc) is 2.31. The van der Waals surface area contributed by atoms with E-state index >= 15 is 0 Å². The molecule has 0 fully saturated rings. The van der Waals surface area contributed by atoms with Crippen LogP contribution in [0.5, 0.6) is 0 Å². The summed E-state index contributed by atoms with van der Waals surface area (Å²) >= 11 is 0. The summed E-state index contributed by atoms with van der Waals surface area (Å²) in [6.45, 7) is 4.60. The van der Waals surface area contributed by atoms with E-state index in [9.17, 15) is 14.9 Å². The SMILES string of the molecule is CCN(C)CC(=O)Nc1cccc([N+](=O)[O-])c1C. The van der Waals surface area contributed by atoms with Gasteiger partial charge in [-0.3, -0.25) is 19.8 Å². The number of rotatable bonds is 5. The highest BCUT2D eigenvalue weighted by molar-refractivity contribution is 5.93. The van der Waals surface area contributed by atoms with E-state index < -0.39 is 4.92 Å². The lowest BCUT2D eigenvalue weighted by Gasteiger charge is -2.14. The smallest absolute Gasteiger partial charge is 0.274 e. The van der Waals surface area contributed by atoms with E-state index in [-0.39, 0.29) is 18.1 Å². The lowest BCUT2D eigenvalue weighted by molar-refractivity contribution is -0.385. The minimum Gasteiger partial charge on any atom is -0.324 e. The molecule has 0 aromatic heterocycles. The van der Waals surface area contributed by atoms with Gasteiger partial charge in [0.1, 0.15) is 0 Å². The second-order valence-electron chi connectivity index (χ2n) is 4.09. The van der Waals surface area contributed by atoms with E-state index in [1.807, 2.05) is 18.9 Å². The van der Waals surface area contributed by atoms with Crippen molar-refractivity contribution in [3.8, 4) is 0 Å². The van der Waals surface area contributed by atoms with E-state index in [4.69, 9.17) is 0 Å². The lowest BCUT2D eigenvalue weighted by Crippen LogP contribution is -2.30. The highest BCUT2D eigenvalue weighted by Gasteiger charge is 2.15. The Morgan fingerprint density at radius 1 is 1.50 bits per heavy atom. The first-order chi connectivity index (χ1) is 8.45. The summed E-state index contributed by atoms with van der Waals surface area (Å²) in [5.74, 6) is -0.178. The predicted octanol–water partition coefficient (Wildman–Crippen LogP) is 1.79. The van der Waals surface area contributed by atoms with Crippen molar-refractivity contribution in [2.45, 2.75) is 13.8 Å². The number of nitrogens with zero attached hydrogens (tertiary/aromatic N) is 2. The van der Waals surface area contributed by atoms with Gasteiger partial charge in [-0.25, -0.2) is 0 Å². The predicted molar refractivity (Wildman–Crippen MR) is 69.6 cm³/mol. The summed E-state index contributed by atoms with van der Waals surface area (Å²) in [5, 5.41) is 13.5. The molecule has 0 aliphatic rings. The first-order valence-corrected chi connectivity index (χ1v) is 5.68. The van der Waals surface area contributed by atoms with Crippen LogP contribution in [0.1, 0.15) is 12.5 Å². The Morgan fingerprint density at radius 3 is 2.72 bits per heavy atom. The number of nitro groups is 1. The molecule has 0 spiro atoms. The maximum absolute atomic E-state index is 11.7.